The van der Waals surface area contributed by atoms with Crippen molar-refractivity contribution in [2.24, 2.45) is 22.2 Å². The molecule has 1 fully saturated rings. The van der Waals surface area contributed by atoms with Crippen molar-refractivity contribution in [2.45, 2.75) is 78.6 Å². The largest absolute Gasteiger partial charge is 0.481 e. The van der Waals surface area contributed by atoms with Crippen LogP contribution in [0.4, 0.5) is 0 Å². The Hall–Kier alpha value is -1.58. The van der Waals surface area contributed by atoms with Gasteiger partial charge in [0.05, 0.1) is 6.61 Å². The number of rotatable bonds is 5. The molecule has 3 aliphatic rings. The first kappa shape index (κ1) is 20.2. The molecule has 0 amide bonds. The first-order chi connectivity index (χ1) is 12.6. The Balaban J connectivity index is 1.80. The molecule has 0 aromatic carbocycles. The van der Waals surface area contributed by atoms with Crippen molar-refractivity contribution < 1.29 is 19.4 Å². The van der Waals surface area contributed by atoms with Crippen LogP contribution in [0, 0.1) is 22.2 Å². The Bertz CT molecular complexity index is 678. The Morgan fingerprint density at radius 1 is 1.22 bits per heavy atom. The van der Waals surface area contributed by atoms with Crippen molar-refractivity contribution in [2.75, 3.05) is 6.61 Å². The number of hydrogen-bond acceptors (Lipinski definition) is 3. The van der Waals surface area contributed by atoms with Crippen molar-refractivity contribution in [3.63, 3.8) is 0 Å². The second-order valence-electron chi connectivity index (χ2n) is 9.86. The third-order valence-electron chi connectivity index (χ3n) is 7.82. The highest BCUT2D eigenvalue weighted by atomic mass is 16.5. The second-order valence-corrected chi connectivity index (χ2v) is 9.86. The number of carboxylic acids is 1. The standard InChI is InChI=1S/C23H34O4/c1-5-21(2)12-9-17-16(14-21)7-8-18-22(3,10-6-11-23(17,18)4)15-27-20(26)13-19(24)25/h5,18H,1,6-15H2,2-4H3,(H,24,25)/t18-,21+,22-,23-/m0/s1. The van der Waals surface area contributed by atoms with Crippen LogP contribution in [0.1, 0.15) is 78.6 Å². The molecule has 4 nitrogen and oxygen atoms in total. The van der Waals surface area contributed by atoms with Crippen LogP contribution in [0.3, 0.4) is 0 Å². The minimum atomic E-state index is -1.13. The van der Waals surface area contributed by atoms with Crippen LogP contribution in [0.2, 0.25) is 0 Å². The summed E-state index contributed by atoms with van der Waals surface area (Å²) in [4.78, 5) is 22.5. The third-order valence-corrected chi connectivity index (χ3v) is 7.82. The molecule has 0 saturated heterocycles. The van der Waals surface area contributed by atoms with Crippen molar-refractivity contribution in [1.29, 1.82) is 0 Å². The highest BCUT2D eigenvalue weighted by molar-refractivity contribution is 5.90. The maximum absolute atomic E-state index is 11.8. The maximum Gasteiger partial charge on any atom is 0.317 e. The van der Waals surface area contributed by atoms with Crippen molar-refractivity contribution >= 4 is 11.9 Å². The molecule has 0 radical (unpaired) electrons. The van der Waals surface area contributed by atoms with Gasteiger partial charge in [0.2, 0.25) is 0 Å². The molecule has 0 aromatic heterocycles. The van der Waals surface area contributed by atoms with Crippen molar-refractivity contribution in [1.82, 2.24) is 0 Å². The van der Waals surface area contributed by atoms with Crippen LogP contribution in [-0.2, 0) is 14.3 Å². The van der Waals surface area contributed by atoms with Gasteiger partial charge in [-0.15, -0.1) is 6.58 Å². The fraction of sp³-hybridized carbons (Fsp3) is 0.739. The highest BCUT2D eigenvalue weighted by Gasteiger charge is 2.53. The summed E-state index contributed by atoms with van der Waals surface area (Å²) in [5.74, 6) is -1.26. The van der Waals surface area contributed by atoms with Gasteiger partial charge < -0.3 is 9.84 Å². The lowest BCUT2D eigenvalue weighted by molar-refractivity contribution is -0.157. The zero-order valence-electron chi connectivity index (χ0n) is 17.1. The van der Waals surface area contributed by atoms with E-state index in [1.165, 1.54) is 12.8 Å². The summed E-state index contributed by atoms with van der Waals surface area (Å²) in [6.07, 6.45) is 10.7. The zero-order valence-corrected chi connectivity index (χ0v) is 17.1. The van der Waals surface area contributed by atoms with Gasteiger partial charge in [0.1, 0.15) is 6.42 Å². The highest BCUT2D eigenvalue weighted by Crippen LogP contribution is 2.63. The lowest BCUT2D eigenvalue weighted by Gasteiger charge is -2.57. The van der Waals surface area contributed by atoms with Crippen LogP contribution >= 0.6 is 0 Å². The molecule has 27 heavy (non-hydrogen) atoms. The van der Waals surface area contributed by atoms with E-state index < -0.39 is 18.4 Å². The first-order valence-corrected chi connectivity index (χ1v) is 10.3. The monoisotopic (exact) mass is 374 g/mol. The summed E-state index contributed by atoms with van der Waals surface area (Å²) in [6.45, 7) is 11.4. The number of carbonyl (C=O) groups excluding carboxylic acids is 1. The molecule has 1 saturated carbocycles. The third kappa shape index (κ3) is 3.72. The number of carbonyl (C=O) groups is 2. The van der Waals surface area contributed by atoms with E-state index in [0.717, 1.165) is 38.5 Å². The predicted octanol–water partition coefficient (Wildman–Crippen LogP) is 5.28. The van der Waals surface area contributed by atoms with E-state index >= 15 is 0 Å². The van der Waals surface area contributed by atoms with Crippen molar-refractivity contribution in [3.05, 3.63) is 23.8 Å². The normalized spacial score (nSPS) is 38.6. The number of hydrogen-bond donors (Lipinski definition) is 1. The van der Waals surface area contributed by atoms with E-state index in [-0.39, 0.29) is 16.2 Å². The zero-order chi connectivity index (χ0) is 19.9. The summed E-state index contributed by atoms with van der Waals surface area (Å²) < 4.78 is 5.43. The number of aliphatic carboxylic acids is 1. The molecular formula is C23H34O4. The topological polar surface area (TPSA) is 63.6 Å². The molecule has 4 atom stereocenters. The van der Waals surface area contributed by atoms with Gasteiger partial charge in [-0.1, -0.05) is 44.4 Å². The fourth-order valence-corrected chi connectivity index (χ4v) is 6.29. The molecule has 4 heteroatoms. The van der Waals surface area contributed by atoms with Crippen LogP contribution in [0.25, 0.3) is 0 Å². The van der Waals surface area contributed by atoms with E-state index in [4.69, 9.17) is 9.84 Å². The molecule has 0 bridgehead atoms. The molecule has 3 rings (SSSR count). The average molecular weight is 375 g/mol. The van der Waals surface area contributed by atoms with E-state index in [1.54, 1.807) is 11.1 Å². The van der Waals surface area contributed by atoms with Gasteiger partial charge in [0.25, 0.3) is 0 Å². The Kier molecular flexibility index (Phi) is 5.31. The molecule has 0 heterocycles. The van der Waals surface area contributed by atoms with Crippen LogP contribution in [0.15, 0.2) is 23.8 Å². The Morgan fingerprint density at radius 2 is 1.96 bits per heavy atom. The summed E-state index contributed by atoms with van der Waals surface area (Å²) >= 11 is 0. The minimum absolute atomic E-state index is 0.0706. The number of allylic oxidation sites excluding steroid dienone is 3. The van der Waals surface area contributed by atoms with Crippen LogP contribution in [0.5, 0.6) is 0 Å². The maximum atomic E-state index is 11.8. The summed E-state index contributed by atoms with van der Waals surface area (Å²) in [6, 6.07) is 0. The van der Waals surface area contributed by atoms with Crippen LogP contribution < -0.4 is 0 Å². The van der Waals surface area contributed by atoms with Crippen LogP contribution in [-0.4, -0.2) is 23.7 Å². The summed E-state index contributed by atoms with van der Waals surface area (Å²) in [5, 5.41) is 8.79. The molecule has 0 aromatic rings. The number of ether oxygens (including phenoxy) is 1. The van der Waals surface area contributed by atoms with Gasteiger partial charge in [-0.3, -0.25) is 9.59 Å². The Morgan fingerprint density at radius 3 is 2.63 bits per heavy atom. The number of esters is 1. The first-order valence-electron chi connectivity index (χ1n) is 10.3. The van der Waals surface area contributed by atoms with Gasteiger partial charge in [-0.05, 0) is 61.7 Å². The van der Waals surface area contributed by atoms with E-state index in [9.17, 15) is 9.59 Å². The van der Waals surface area contributed by atoms with Crippen molar-refractivity contribution in [3.8, 4) is 0 Å². The molecule has 3 aliphatic carbocycles. The van der Waals surface area contributed by atoms with Gasteiger partial charge >= 0.3 is 11.9 Å². The second kappa shape index (κ2) is 7.10. The molecule has 150 valence electrons. The predicted molar refractivity (Wildman–Crippen MR) is 105 cm³/mol. The van der Waals surface area contributed by atoms with Gasteiger partial charge in [-0.2, -0.15) is 0 Å². The number of carboxylic acid groups (broad SMARTS) is 1. The molecule has 1 N–H and O–H groups in total. The SMILES string of the molecule is C=C[C@]1(C)CCC2=C(CC[C@H]3[C@](C)(COC(=O)CC(=O)O)CCC[C@@]23C)C1. The van der Waals surface area contributed by atoms with E-state index in [2.05, 4.69) is 33.4 Å². The van der Waals surface area contributed by atoms with E-state index in [0.29, 0.717) is 12.5 Å². The van der Waals surface area contributed by atoms with E-state index in [1.807, 2.05) is 0 Å². The van der Waals surface area contributed by atoms with Gasteiger partial charge in [0.15, 0.2) is 0 Å². The van der Waals surface area contributed by atoms with Gasteiger partial charge in [-0.25, -0.2) is 0 Å². The lowest BCUT2D eigenvalue weighted by Crippen LogP contribution is -2.50. The molecule has 0 unspecified atom stereocenters. The quantitative estimate of drug-likeness (QED) is 0.404. The average Bonchev–Trinajstić information content (AvgIpc) is 2.59. The number of fused-ring (bicyclic) bond motifs is 2. The Labute approximate surface area is 163 Å². The summed E-state index contributed by atoms with van der Waals surface area (Å²) in [5.41, 5.74) is 3.66. The molecule has 0 aliphatic heterocycles. The molecular weight excluding hydrogens is 340 g/mol. The fourth-order valence-electron chi connectivity index (χ4n) is 6.29. The smallest absolute Gasteiger partial charge is 0.317 e. The summed E-state index contributed by atoms with van der Waals surface area (Å²) in [7, 11) is 0. The van der Waals surface area contributed by atoms with Gasteiger partial charge in [0, 0.05) is 5.41 Å². The molecule has 0 spiro atoms. The lowest BCUT2D eigenvalue weighted by atomic mass is 9.47. The minimum Gasteiger partial charge on any atom is -0.481 e.